The van der Waals surface area contributed by atoms with Crippen LogP contribution in [-0.2, 0) is 14.8 Å². The molecule has 0 radical (unpaired) electrons. The Morgan fingerprint density at radius 1 is 1.12 bits per heavy atom. The molecule has 2 heterocycles. The fourth-order valence-corrected chi connectivity index (χ4v) is 6.28. The van der Waals surface area contributed by atoms with Crippen LogP contribution in [0.4, 0.5) is 11.4 Å². The number of aliphatic imine (C=N–C) groups is 1. The molecule has 12 nitrogen and oxygen atoms in total. The second-order valence-corrected chi connectivity index (χ2v) is 12.6. The van der Waals surface area contributed by atoms with Crippen molar-refractivity contribution >= 4 is 68.0 Å². The molecule has 0 atom stereocenters. The van der Waals surface area contributed by atoms with E-state index in [1.165, 1.54) is 40.8 Å². The number of benzene rings is 2. The summed E-state index contributed by atoms with van der Waals surface area (Å²) in [6.07, 6.45) is 5.17. The van der Waals surface area contributed by atoms with Crippen molar-refractivity contribution in [3.63, 3.8) is 0 Å². The number of aromatic amines is 1. The zero-order valence-corrected chi connectivity index (χ0v) is 25.6. The van der Waals surface area contributed by atoms with Gasteiger partial charge >= 0.3 is 0 Å². The predicted octanol–water partition coefficient (Wildman–Crippen LogP) is 4.09. The number of piperidine rings is 1. The summed E-state index contributed by atoms with van der Waals surface area (Å²) in [5.74, 6) is -1.76. The number of nitrogens with one attached hydrogen (secondary N) is 3. The van der Waals surface area contributed by atoms with E-state index in [1.807, 2.05) is 19.0 Å². The molecule has 3 aromatic rings. The van der Waals surface area contributed by atoms with E-state index < -0.39 is 21.8 Å². The maximum Gasteiger partial charge on any atom is 0.297 e. The fraction of sp³-hybridized carbons (Fsp3) is 0.250. The van der Waals surface area contributed by atoms with Crippen LogP contribution < -0.4 is 10.6 Å². The Morgan fingerprint density at radius 3 is 2.56 bits per heavy atom. The largest absolute Gasteiger partial charge is 0.322 e. The summed E-state index contributed by atoms with van der Waals surface area (Å²) in [6, 6.07) is 10.6. The number of amides is 3. The first kappa shape index (κ1) is 32.0. The molecule has 4 rings (SSSR count). The molecule has 0 bridgehead atoms. The third-order valence-corrected chi connectivity index (χ3v) is 8.73. The summed E-state index contributed by atoms with van der Waals surface area (Å²) < 4.78 is 28.2. The van der Waals surface area contributed by atoms with Crippen LogP contribution in [0.1, 0.15) is 33.7 Å². The Balaban J connectivity index is 1.46. The number of likely N-dealkylation sites (N-methyl/N-ethyl adjacent to an activating group) is 1. The van der Waals surface area contributed by atoms with Crippen LogP contribution in [0.25, 0.3) is 0 Å². The van der Waals surface area contributed by atoms with E-state index in [0.29, 0.717) is 30.8 Å². The summed E-state index contributed by atoms with van der Waals surface area (Å²) in [5.41, 5.74) is 0.678. The van der Waals surface area contributed by atoms with Gasteiger partial charge in [0, 0.05) is 30.6 Å². The second-order valence-electron chi connectivity index (χ2n) is 9.82. The van der Waals surface area contributed by atoms with Crippen LogP contribution in [0.15, 0.2) is 70.7 Å². The molecule has 3 N–H and O–H groups in total. The van der Waals surface area contributed by atoms with Crippen molar-refractivity contribution in [1.82, 2.24) is 19.4 Å². The Labute approximate surface area is 258 Å². The van der Waals surface area contributed by atoms with Gasteiger partial charge in [0.15, 0.2) is 0 Å². The Hall–Kier alpha value is -3.88. The first-order valence-corrected chi connectivity index (χ1v) is 15.3. The molecule has 0 unspecified atom stereocenters. The molecule has 15 heteroatoms. The lowest BCUT2D eigenvalue weighted by atomic mass is 10.1. The molecule has 2 aromatic carbocycles. The highest BCUT2D eigenvalue weighted by molar-refractivity contribution is 7.89. The molecule has 0 spiro atoms. The number of hydrogen-bond acceptors (Lipinski definition) is 7. The van der Waals surface area contributed by atoms with Gasteiger partial charge in [-0.2, -0.15) is 9.40 Å². The Morgan fingerprint density at radius 2 is 1.84 bits per heavy atom. The lowest BCUT2D eigenvalue weighted by Gasteiger charge is -2.27. The van der Waals surface area contributed by atoms with Crippen molar-refractivity contribution in [1.29, 1.82) is 0 Å². The lowest BCUT2D eigenvalue weighted by molar-refractivity contribution is -0.111. The third-order valence-electron chi connectivity index (χ3n) is 6.26. The van der Waals surface area contributed by atoms with Crippen LogP contribution >= 0.6 is 23.2 Å². The second kappa shape index (κ2) is 14.1. The van der Waals surface area contributed by atoms with Gasteiger partial charge < -0.3 is 15.5 Å². The normalized spacial score (nSPS) is 15.2. The number of rotatable bonds is 9. The SMILES string of the molecule is CN(C)C/C=C/C(=O)Nc1cccc(S(=O)(=O)N2CCCC(=NC(=O)c3[nH]ncc3NC(=O)c3c(Cl)cccc3Cl)C2)c1. The Kier molecular flexibility index (Phi) is 10.5. The summed E-state index contributed by atoms with van der Waals surface area (Å²) in [4.78, 5) is 44.1. The number of hydrogen-bond donors (Lipinski definition) is 3. The molecular formula is C28H29Cl2N7O5S. The van der Waals surface area contributed by atoms with Crippen LogP contribution in [0.3, 0.4) is 0 Å². The first-order valence-electron chi connectivity index (χ1n) is 13.1. The summed E-state index contributed by atoms with van der Waals surface area (Å²) in [6.45, 7) is 0.698. The molecule has 226 valence electrons. The van der Waals surface area contributed by atoms with Crippen molar-refractivity contribution < 1.29 is 22.8 Å². The predicted molar refractivity (Wildman–Crippen MR) is 166 cm³/mol. The average molecular weight is 647 g/mol. The van der Waals surface area contributed by atoms with Crippen LogP contribution in [-0.4, -0.2) is 85.0 Å². The van der Waals surface area contributed by atoms with Crippen LogP contribution in [0.2, 0.25) is 10.0 Å². The van der Waals surface area contributed by atoms with E-state index >= 15 is 0 Å². The molecule has 0 aliphatic carbocycles. The number of H-pyrrole nitrogens is 1. The summed E-state index contributed by atoms with van der Waals surface area (Å²) in [5, 5.41) is 11.9. The van der Waals surface area contributed by atoms with E-state index in [2.05, 4.69) is 25.8 Å². The quantitative estimate of drug-likeness (QED) is 0.296. The minimum absolute atomic E-state index is 0.00746. The highest BCUT2D eigenvalue weighted by atomic mass is 35.5. The van der Waals surface area contributed by atoms with Gasteiger partial charge in [0.25, 0.3) is 11.8 Å². The molecule has 43 heavy (non-hydrogen) atoms. The number of carbonyl (C=O) groups is 3. The highest BCUT2D eigenvalue weighted by Gasteiger charge is 2.29. The van der Waals surface area contributed by atoms with Gasteiger partial charge in [-0.3, -0.25) is 19.5 Å². The van der Waals surface area contributed by atoms with Crippen LogP contribution in [0, 0.1) is 0 Å². The summed E-state index contributed by atoms with van der Waals surface area (Å²) in [7, 11) is -0.225. The zero-order chi connectivity index (χ0) is 31.1. The van der Waals surface area contributed by atoms with E-state index in [9.17, 15) is 22.8 Å². The van der Waals surface area contributed by atoms with Crippen molar-refractivity contribution in [2.75, 3.05) is 44.4 Å². The van der Waals surface area contributed by atoms with Crippen molar-refractivity contribution in [3.8, 4) is 0 Å². The van der Waals surface area contributed by atoms with E-state index in [1.54, 1.807) is 24.3 Å². The van der Waals surface area contributed by atoms with Gasteiger partial charge in [-0.05, 0) is 57.3 Å². The zero-order valence-electron chi connectivity index (χ0n) is 23.3. The number of carbonyl (C=O) groups excluding carboxylic acids is 3. The average Bonchev–Trinajstić information content (AvgIpc) is 3.41. The molecule has 3 amide bonds. The molecule has 1 saturated heterocycles. The van der Waals surface area contributed by atoms with Gasteiger partial charge in [0.2, 0.25) is 15.9 Å². The van der Waals surface area contributed by atoms with Crippen molar-refractivity contribution in [2.24, 2.45) is 4.99 Å². The molecule has 1 aromatic heterocycles. The minimum atomic E-state index is -3.97. The molecular weight excluding hydrogens is 617 g/mol. The van der Waals surface area contributed by atoms with Gasteiger partial charge in [-0.25, -0.2) is 13.4 Å². The molecule has 1 fully saturated rings. The van der Waals surface area contributed by atoms with Gasteiger partial charge in [0.1, 0.15) is 5.69 Å². The van der Waals surface area contributed by atoms with Gasteiger partial charge in [0.05, 0.1) is 38.9 Å². The maximum absolute atomic E-state index is 13.5. The molecule has 1 aliphatic heterocycles. The van der Waals surface area contributed by atoms with Gasteiger partial charge in [-0.15, -0.1) is 0 Å². The number of aromatic nitrogens is 2. The fourth-order valence-electron chi connectivity index (χ4n) is 4.20. The smallest absolute Gasteiger partial charge is 0.297 e. The van der Waals surface area contributed by atoms with Crippen molar-refractivity contribution in [2.45, 2.75) is 17.7 Å². The maximum atomic E-state index is 13.5. The minimum Gasteiger partial charge on any atom is -0.322 e. The van der Waals surface area contributed by atoms with E-state index in [-0.39, 0.29) is 50.9 Å². The molecule has 0 saturated carbocycles. The topological polar surface area (TPSA) is 157 Å². The van der Waals surface area contributed by atoms with Crippen LogP contribution in [0.5, 0.6) is 0 Å². The lowest BCUT2D eigenvalue weighted by Crippen LogP contribution is -2.40. The monoisotopic (exact) mass is 645 g/mol. The first-order chi connectivity index (χ1) is 20.5. The van der Waals surface area contributed by atoms with Crippen molar-refractivity contribution in [3.05, 3.63) is 82.1 Å². The Bertz CT molecular complexity index is 1680. The van der Waals surface area contributed by atoms with E-state index in [0.717, 1.165) is 0 Å². The van der Waals surface area contributed by atoms with Gasteiger partial charge in [-0.1, -0.05) is 41.4 Å². The standard InChI is InChI=1S/C28H29Cl2N7O5S/c1-36(2)13-6-12-24(38)32-18-7-3-9-20(15-18)43(41,42)37-14-5-8-19(17-37)33-28(40)26-23(16-31-35-26)34-27(39)25-21(29)10-4-11-22(25)30/h3-4,6-7,9-12,15-16H,5,8,13-14,17H2,1-2H3,(H,31,35)(H,32,38)(H,34,39)/b12-6+,33-19?. The van der Waals surface area contributed by atoms with E-state index in [4.69, 9.17) is 23.2 Å². The number of anilines is 2. The summed E-state index contributed by atoms with van der Waals surface area (Å²) >= 11 is 12.2. The number of nitrogens with zero attached hydrogens (tertiary/aromatic N) is 4. The molecule has 1 aliphatic rings. The number of sulfonamides is 1. The number of halogens is 2. The highest BCUT2D eigenvalue weighted by Crippen LogP contribution is 2.26. The third kappa shape index (κ3) is 8.15.